The molecule has 0 atom stereocenters. The van der Waals surface area contributed by atoms with E-state index >= 15 is 0 Å². The van der Waals surface area contributed by atoms with Crippen LogP contribution in [0.1, 0.15) is 20.3 Å². The van der Waals surface area contributed by atoms with Crippen molar-refractivity contribution < 1.29 is 14.2 Å². The zero-order valence-electron chi connectivity index (χ0n) is 12.2. The van der Waals surface area contributed by atoms with Gasteiger partial charge in [0.05, 0.1) is 6.61 Å². The van der Waals surface area contributed by atoms with Crippen molar-refractivity contribution in [3.05, 3.63) is 30.6 Å². The average molecular weight is 286 g/mol. The van der Waals surface area contributed by atoms with Crippen LogP contribution in [0.2, 0.25) is 0 Å². The summed E-state index contributed by atoms with van der Waals surface area (Å²) >= 11 is 0. The smallest absolute Gasteiger partial charge is 0.240 e. The Bertz CT molecular complexity index is 629. The number of fused-ring (bicyclic) bond motifs is 1. The number of hydrogen-bond donors (Lipinski definition) is 0. The lowest BCUT2D eigenvalue weighted by Crippen LogP contribution is -2.04. The van der Waals surface area contributed by atoms with Crippen molar-refractivity contribution in [2.24, 2.45) is 5.92 Å². The summed E-state index contributed by atoms with van der Waals surface area (Å²) in [5.41, 5.74) is 1.63. The van der Waals surface area contributed by atoms with E-state index in [1.165, 1.54) is 0 Å². The van der Waals surface area contributed by atoms with Gasteiger partial charge in [-0.2, -0.15) is 0 Å². The fourth-order valence-corrected chi connectivity index (χ4v) is 2.06. The van der Waals surface area contributed by atoms with E-state index < -0.39 is 0 Å². The topological polar surface area (TPSA) is 53.5 Å². The fourth-order valence-electron chi connectivity index (χ4n) is 2.06. The minimum absolute atomic E-state index is 0.261. The third-order valence-electron chi connectivity index (χ3n) is 3.24. The molecule has 5 heteroatoms. The molecule has 0 saturated heterocycles. The molecule has 0 fully saturated rings. The van der Waals surface area contributed by atoms with Crippen molar-refractivity contribution in [2.45, 2.75) is 20.3 Å². The minimum Gasteiger partial charge on any atom is -0.476 e. The Morgan fingerprint density at radius 1 is 1.14 bits per heavy atom. The molecule has 0 spiro atoms. The van der Waals surface area contributed by atoms with Crippen LogP contribution in [-0.2, 0) is 0 Å². The van der Waals surface area contributed by atoms with Gasteiger partial charge in [-0.3, -0.25) is 0 Å². The van der Waals surface area contributed by atoms with Crippen LogP contribution in [0.4, 0.5) is 0 Å². The molecule has 0 saturated carbocycles. The van der Waals surface area contributed by atoms with Crippen molar-refractivity contribution in [3.8, 4) is 28.6 Å². The van der Waals surface area contributed by atoms with Gasteiger partial charge in [0.2, 0.25) is 12.7 Å². The zero-order valence-corrected chi connectivity index (χ0v) is 12.2. The van der Waals surface area contributed by atoms with Gasteiger partial charge in [-0.25, -0.2) is 9.97 Å². The second kappa shape index (κ2) is 5.99. The van der Waals surface area contributed by atoms with Gasteiger partial charge in [0.15, 0.2) is 11.5 Å². The molecule has 1 aromatic carbocycles. The van der Waals surface area contributed by atoms with Crippen LogP contribution in [0, 0.1) is 5.92 Å². The fraction of sp³-hybridized carbons (Fsp3) is 0.375. The maximum Gasteiger partial charge on any atom is 0.240 e. The highest BCUT2D eigenvalue weighted by atomic mass is 16.7. The van der Waals surface area contributed by atoms with Gasteiger partial charge in [-0.15, -0.1) is 0 Å². The molecule has 1 aliphatic heterocycles. The molecule has 0 N–H and O–H groups in total. The molecule has 5 nitrogen and oxygen atoms in total. The summed E-state index contributed by atoms with van der Waals surface area (Å²) < 4.78 is 16.5. The van der Waals surface area contributed by atoms with Crippen molar-refractivity contribution in [1.29, 1.82) is 0 Å². The first-order chi connectivity index (χ1) is 10.2. The maximum absolute atomic E-state index is 5.78. The molecule has 21 heavy (non-hydrogen) atoms. The van der Waals surface area contributed by atoms with E-state index in [0.717, 1.165) is 29.2 Å². The Hall–Kier alpha value is -2.30. The number of aromatic nitrogens is 2. The summed E-state index contributed by atoms with van der Waals surface area (Å²) in [7, 11) is 0. The summed E-state index contributed by atoms with van der Waals surface area (Å²) in [5.74, 6) is 2.63. The lowest BCUT2D eigenvalue weighted by molar-refractivity contribution is 0.174. The van der Waals surface area contributed by atoms with Crippen LogP contribution in [-0.4, -0.2) is 23.4 Å². The van der Waals surface area contributed by atoms with Crippen LogP contribution >= 0.6 is 0 Å². The normalized spacial score (nSPS) is 12.7. The molecule has 0 aliphatic carbocycles. The lowest BCUT2D eigenvalue weighted by atomic mass is 10.1. The molecule has 0 unspecified atom stereocenters. The second-order valence-corrected chi connectivity index (χ2v) is 5.31. The predicted molar refractivity (Wildman–Crippen MR) is 78.5 cm³/mol. The highest BCUT2D eigenvalue weighted by Gasteiger charge is 2.16. The van der Waals surface area contributed by atoms with Crippen LogP contribution in [0.25, 0.3) is 11.3 Å². The molecule has 0 radical (unpaired) electrons. The van der Waals surface area contributed by atoms with E-state index in [-0.39, 0.29) is 6.79 Å². The van der Waals surface area contributed by atoms with Crippen LogP contribution < -0.4 is 14.2 Å². The predicted octanol–water partition coefficient (Wildman–Crippen LogP) is 3.30. The Morgan fingerprint density at radius 2 is 1.95 bits per heavy atom. The summed E-state index contributed by atoms with van der Waals surface area (Å²) in [6.07, 6.45) is 4.29. The Kier molecular flexibility index (Phi) is 3.90. The van der Waals surface area contributed by atoms with Crippen molar-refractivity contribution >= 4 is 0 Å². The van der Waals surface area contributed by atoms with Crippen LogP contribution in [0.3, 0.4) is 0 Å². The Labute approximate surface area is 123 Å². The highest BCUT2D eigenvalue weighted by molar-refractivity contribution is 5.67. The minimum atomic E-state index is 0.261. The summed E-state index contributed by atoms with van der Waals surface area (Å²) in [6.45, 7) is 5.22. The number of ether oxygens (including phenoxy) is 3. The first kappa shape index (κ1) is 13.7. The zero-order chi connectivity index (χ0) is 14.7. The second-order valence-electron chi connectivity index (χ2n) is 5.31. The number of hydrogen-bond acceptors (Lipinski definition) is 5. The summed E-state index contributed by atoms with van der Waals surface area (Å²) in [6, 6.07) is 5.72. The van der Waals surface area contributed by atoms with Gasteiger partial charge in [0.1, 0.15) is 5.69 Å². The van der Waals surface area contributed by atoms with E-state index in [9.17, 15) is 0 Å². The van der Waals surface area contributed by atoms with E-state index in [4.69, 9.17) is 14.2 Å². The molecule has 1 aromatic heterocycles. The van der Waals surface area contributed by atoms with Crippen molar-refractivity contribution in [3.63, 3.8) is 0 Å². The van der Waals surface area contributed by atoms with E-state index in [2.05, 4.69) is 23.8 Å². The number of nitrogens with zero attached hydrogens (tertiary/aromatic N) is 2. The number of benzene rings is 1. The molecule has 3 rings (SSSR count). The van der Waals surface area contributed by atoms with Crippen LogP contribution in [0.15, 0.2) is 30.6 Å². The van der Waals surface area contributed by atoms with Gasteiger partial charge in [-0.05, 0) is 30.5 Å². The monoisotopic (exact) mass is 286 g/mol. The van der Waals surface area contributed by atoms with Gasteiger partial charge >= 0.3 is 0 Å². The van der Waals surface area contributed by atoms with Gasteiger partial charge in [0, 0.05) is 18.0 Å². The largest absolute Gasteiger partial charge is 0.476 e. The molecule has 110 valence electrons. The van der Waals surface area contributed by atoms with E-state index in [1.54, 1.807) is 12.4 Å². The summed E-state index contributed by atoms with van der Waals surface area (Å²) in [5, 5.41) is 0. The molecule has 0 amide bonds. The quantitative estimate of drug-likeness (QED) is 0.844. The Balaban J connectivity index is 1.84. The Morgan fingerprint density at radius 3 is 2.81 bits per heavy atom. The third kappa shape index (κ3) is 3.07. The van der Waals surface area contributed by atoms with Crippen molar-refractivity contribution in [1.82, 2.24) is 9.97 Å². The number of rotatable bonds is 5. The van der Waals surface area contributed by atoms with Gasteiger partial charge in [0.25, 0.3) is 0 Å². The summed E-state index contributed by atoms with van der Waals surface area (Å²) in [4.78, 5) is 8.68. The maximum atomic E-state index is 5.78. The van der Waals surface area contributed by atoms with E-state index in [0.29, 0.717) is 18.4 Å². The SMILES string of the molecule is CC(C)CCOc1nccnc1-c1ccc2c(c1)OCO2. The molecular weight excluding hydrogens is 268 g/mol. The molecule has 1 aliphatic rings. The average Bonchev–Trinajstić information content (AvgIpc) is 2.95. The first-order valence-corrected chi connectivity index (χ1v) is 7.08. The van der Waals surface area contributed by atoms with Gasteiger partial charge in [-0.1, -0.05) is 13.8 Å². The molecule has 0 bridgehead atoms. The van der Waals surface area contributed by atoms with Crippen molar-refractivity contribution in [2.75, 3.05) is 13.4 Å². The lowest BCUT2D eigenvalue weighted by Gasteiger charge is -2.10. The third-order valence-corrected chi connectivity index (χ3v) is 3.24. The van der Waals surface area contributed by atoms with Gasteiger partial charge < -0.3 is 14.2 Å². The molecular formula is C16H18N2O3. The molecule has 2 heterocycles. The standard InChI is InChI=1S/C16H18N2O3/c1-11(2)5-8-19-16-15(17-6-7-18-16)12-3-4-13-14(9-12)21-10-20-13/h3-4,6-7,9,11H,5,8,10H2,1-2H3. The van der Waals surface area contributed by atoms with E-state index in [1.807, 2.05) is 18.2 Å². The van der Waals surface area contributed by atoms with Crippen LogP contribution in [0.5, 0.6) is 17.4 Å². The molecule has 2 aromatic rings. The first-order valence-electron chi connectivity index (χ1n) is 7.08. The highest BCUT2D eigenvalue weighted by Crippen LogP contribution is 2.37.